The average Bonchev–Trinajstić information content (AvgIpc) is 3.25. The summed E-state index contributed by atoms with van der Waals surface area (Å²) in [5.74, 6) is 3.23. The van der Waals surface area contributed by atoms with Gasteiger partial charge < -0.3 is 28.4 Å². The van der Waals surface area contributed by atoms with Crippen LogP contribution in [0.4, 0.5) is 0 Å². The van der Waals surface area contributed by atoms with Crippen molar-refractivity contribution in [2.75, 3.05) is 28.4 Å². The van der Waals surface area contributed by atoms with Crippen LogP contribution in [-0.2, 0) is 21.7 Å². The van der Waals surface area contributed by atoms with Crippen molar-refractivity contribution in [3.8, 4) is 23.0 Å². The summed E-state index contributed by atoms with van der Waals surface area (Å²) in [4.78, 5) is 0. The predicted octanol–water partition coefficient (Wildman–Crippen LogP) is -0.843. The summed E-state index contributed by atoms with van der Waals surface area (Å²) in [6.45, 7) is 0. The molecule has 0 radical (unpaired) electrons. The summed E-state index contributed by atoms with van der Waals surface area (Å²) in [6.07, 6.45) is 0. The summed E-state index contributed by atoms with van der Waals surface area (Å²) >= 11 is 0. The number of rotatable bonds is 4. The smallest absolute Gasteiger partial charge is 1.00 e. The molecule has 0 aliphatic rings. The van der Waals surface area contributed by atoms with Gasteiger partial charge in [-0.2, -0.15) is 0 Å². The molecule has 0 saturated carbocycles. The van der Waals surface area contributed by atoms with E-state index < -0.39 is 0 Å². The largest absolute Gasteiger partial charge is 4.00 e. The van der Waals surface area contributed by atoms with Crippen LogP contribution in [0.5, 0.6) is 23.0 Å². The monoisotopic (exact) mass is 436 g/mol. The van der Waals surface area contributed by atoms with Gasteiger partial charge in [0, 0.05) is 0 Å². The van der Waals surface area contributed by atoms with E-state index in [1.54, 1.807) is 28.4 Å². The van der Waals surface area contributed by atoms with E-state index in [0.29, 0.717) is 0 Å². The van der Waals surface area contributed by atoms with Gasteiger partial charge in [0.2, 0.25) is 0 Å². The maximum Gasteiger partial charge on any atom is 4.00 e. The molecule has 4 aromatic carbocycles. The third-order valence-electron chi connectivity index (χ3n) is 4.28. The van der Waals surface area contributed by atoms with Crippen LogP contribution in [0.2, 0.25) is 0 Å². The van der Waals surface area contributed by atoms with Crippen LogP contribution in [0, 0.1) is 0 Å². The van der Waals surface area contributed by atoms with E-state index >= 15 is 0 Å². The van der Waals surface area contributed by atoms with Gasteiger partial charge in [0.05, 0.1) is 51.4 Å². The second-order valence-electron chi connectivity index (χ2n) is 5.67. The molecule has 4 aromatic rings. The average molecular weight is 436 g/mol. The van der Waals surface area contributed by atoms with Gasteiger partial charge in [-0.1, -0.05) is 22.9 Å². The van der Waals surface area contributed by atoms with E-state index in [1.807, 2.05) is 60.7 Å². The van der Waals surface area contributed by atoms with E-state index in [2.05, 4.69) is 0 Å². The van der Waals surface area contributed by atoms with E-state index in [0.717, 1.165) is 44.5 Å². The van der Waals surface area contributed by atoms with Gasteiger partial charge in [0.1, 0.15) is 0 Å². The minimum absolute atomic E-state index is 0. The number of hydrogen-bond acceptors (Lipinski definition) is 4. The fourth-order valence-corrected chi connectivity index (χ4v) is 3.06. The first-order chi connectivity index (χ1) is 12.7. The molecular weight excluding hydrogens is 414 g/mol. The number of hydrogen-bond donors (Lipinski definition) is 0. The Morgan fingerprint density at radius 3 is 1.21 bits per heavy atom. The molecule has 0 aliphatic carbocycles. The van der Waals surface area contributed by atoms with Crippen molar-refractivity contribution < 1.29 is 50.1 Å². The van der Waals surface area contributed by atoms with Gasteiger partial charge in [0.25, 0.3) is 0 Å². The molecule has 0 amide bonds. The summed E-state index contributed by atoms with van der Waals surface area (Å²) in [5, 5.41) is 4.50. The van der Waals surface area contributed by atoms with E-state index in [-0.39, 0.29) is 31.1 Å². The second kappa shape index (κ2) is 12.1. The summed E-state index contributed by atoms with van der Waals surface area (Å²) in [5.41, 5.74) is 0. The number of ether oxygens (including phenoxy) is 4. The Balaban J connectivity index is 0.000000490. The molecule has 0 heterocycles. The van der Waals surface area contributed by atoms with Gasteiger partial charge in [-0.05, 0) is 0 Å². The molecule has 0 saturated heterocycles. The normalized spacial score (nSPS) is 9.24. The zero-order chi connectivity index (χ0) is 18.5. The van der Waals surface area contributed by atoms with Crippen molar-refractivity contribution in [1.82, 2.24) is 0 Å². The molecule has 0 fully saturated rings. The first kappa shape index (κ1) is 26.4. The molecule has 29 heavy (non-hydrogen) atoms. The van der Waals surface area contributed by atoms with Gasteiger partial charge in [-0.3, -0.25) is 0 Å². The SMILES string of the molecule is COc1[cH-]c2ccccc2c1OC.COc1[cH-]c2ccccc2c1OC.[F-].[F-].[Ti+4]. The Morgan fingerprint density at radius 2 is 0.897 bits per heavy atom. The van der Waals surface area contributed by atoms with Crippen LogP contribution in [0.25, 0.3) is 21.5 Å². The third kappa shape index (κ3) is 5.28. The molecule has 4 rings (SSSR count). The van der Waals surface area contributed by atoms with Crippen LogP contribution in [0.15, 0.2) is 60.7 Å². The first-order valence-electron chi connectivity index (χ1n) is 8.26. The quantitative estimate of drug-likeness (QED) is 0.309. The minimum atomic E-state index is 0. The molecule has 0 spiro atoms. The van der Waals surface area contributed by atoms with E-state index in [4.69, 9.17) is 18.9 Å². The predicted molar refractivity (Wildman–Crippen MR) is 105 cm³/mol. The van der Waals surface area contributed by atoms with E-state index in [1.165, 1.54) is 0 Å². The number of fused-ring (bicyclic) bond motifs is 2. The molecule has 7 heteroatoms. The van der Waals surface area contributed by atoms with Crippen molar-refractivity contribution in [3.05, 3.63) is 60.7 Å². The Bertz CT molecular complexity index is 929. The second-order valence-corrected chi connectivity index (χ2v) is 5.67. The Morgan fingerprint density at radius 1 is 0.552 bits per heavy atom. The Kier molecular flexibility index (Phi) is 11.0. The van der Waals surface area contributed by atoms with Gasteiger partial charge >= 0.3 is 21.7 Å². The molecule has 0 bridgehead atoms. The zero-order valence-electron chi connectivity index (χ0n) is 16.7. The summed E-state index contributed by atoms with van der Waals surface area (Å²) < 4.78 is 20.9. The molecule has 4 nitrogen and oxygen atoms in total. The van der Waals surface area contributed by atoms with Crippen molar-refractivity contribution in [1.29, 1.82) is 0 Å². The molecule has 0 N–H and O–H groups in total. The zero-order valence-corrected chi connectivity index (χ0v) is 18.2. The standard InChI is InChI=1S/2C11H11O2.2FH.Ti/c2*1-12-10-7-8-5-3-4-6-9(8)11(10)13-2;;;/h2*3-7H,1-2H3;2*1H;/q2*-1;;;+4/p-2. The number of methoxy groups -OCH3 is 4. The van der Waals surface area contributed by atoms with Crippen LogP contribution in [0.1, 0.15) is 0 Å². The number of halogens is 2. The minimum Gasteiger partial charge on any atom is -1.00 e. The third-order valence-corrected chi connectivity index (χ3v) is 4.28. The van der Waals surface area contributed by atoms with Crippen LogP contribution < -0.4 is 28.4 Å². The van der Waals surface area contributed by atoms with Gasteiger partial charge in [-0.25, -0.2) is 0 Å². The summed E-state index contributed by atoms with van der Waals surface area (Å²) in [7, 11) is 6.61. The van der Waals surface area contributed by atoms with Gasteiger partial charge in [0.15, 0.2) is 0 Å². The van der Waals surface area contributed by atoms with Crippen LogP contribution in [-0.4, -0.2) is 28.4 Å². The molecule has 0 aromatic heterocycles. The fourth-order valence-electron chi connectivity index (χ4n) is 3.06. The molecular formula is C22H22F2O4Ti. The van der Waals surface area contributed by atoms with Crippen molar-refractivity contribution in [3.63, 3.8) is 0 Å². The molecule has 0 aliphatic heterocycles. The molecule has 0 atom stereocenters. The topological polar surface area (TPSA) is 36.9 Å². The Labute approximate surface area is 183 Å². The fraction of sp³-hybridized carbons (Fsp3) is 0.182. The first-order valence-corrected chi connectivity index (χ1v) is 8.26. The maximum atomic E-state index is 5.26. The molecule has 152 valence electrons. The van der Waals surface area contributed by atoms with Gasteiger partial charge in [-0.15, -0.1) is 59.3 Å². The van der Waals surface area contributed by atoms with E-state index in [9.17, 15) is 0 Å². The van der Waals surface area contributed by atoms with Crippen molar-refractivity contribution in [2.24, 2.45) is 0 Å². The summed E-state index contributed by atoms with van der Waals surface area (Å²) in [6, 6.07) is 20.1. The van der Waals surface area contributed by atoms with Crippen molar-refractivity contribution in [2.45, 2.75) is 0 Å². The Hall–Kier alpha value is -2.57. The van der Waals surface area contributed by atoms with Crippen molar-refractivity contribution >= 4 is 21.5 Å². The van der Waals surface area contributed by atoms with Crippen LogP contribution in [0.3, 0.4) is 0 Å². The van der Waals surface area contributed by atoms with Crippen LogP contribution >= 0.6 is 0 Å². The number of benzene rings is 2. The molecule has 0 unspecified atom stereocenters. The maximum absolute atomic E-state index is 5.26.